The van der Waals surface area contributed by atoms with E-state index in [0.29, 0.717) is 55.1 Å². The highest BCUT2D eigenvalue weighted by Crippen LogP contribution is 2.40. The lowest BCUT2D eigenvalue weighted by Gasteiger charge is -2.43. The van der Waals surface area contributed by atoms with Gasteiger partial charge in [0.25, 0.3) is 5.91 Å². The maximum absolute atomic E-state index is 13.6. The van der Waals surface area contributed by atoms with Gasteiger partial charge in [0.1, 0.15) is 11.8 Å². The minimum Gasteiger partial charge on any atom is -0.497 e. The minimum atomic E-state index is -0.592. The molecule has 0 bridgehead atoms. The van der Waals surface area contributed by atoms with Crippen molar-refractivity contribution in [3.8, 4) is 5.75 Å². The quantitative estimate of drug-likeness (QED) is 0.532. The zero-order chi connectivity index (χ0) is 25.9. The normalized spacial score (nSPS) is 27.9. The van der Waals surface area contributed by atoms with Crippen molar-refractivity contribution in [3.05, 3.63) is 29.8 Å². The SMILES string of the molecule is COc1cccc(C(=O)N2CCC(N(C(=O)C3CC3)C3CC3)C[C@@H]2C(=O)NCC2CCC(CN)CC2)c1. The smallest absolute Gasteiger partial charge is 0.254 e. The zero-order valence-corrected chi connectivity index (χ0v) is 22.1. The summed E-state index contributed by atoms with van der Waals surface area (Å²) in [5, 5.41) is 3.19. The van der Waals surface area contributed by atoms with Gasteiger partial charge >= 0.3 is 0 Å². The van der Waals surface area contributed by atoms with Crippen LogP contribution in [0.4, 0.5) is 0 Å². The molecule has 37 heavy (non-hydrogen) atoms. The van der Waals surface area contributed by atoms with Gasteiger partial charge in [-0.1, -0.05) is 6.07 Å². The molecule has 0 aromatic heterocycles. The van der Waals surface area contributed by atoms with Crippen molar-refractivity contribution in [1.82, 2.24) is 15.1 Å². The number of methoxy groups -OCH3 is 1. The third-order valence-electron chi connectivity index (χ3n) is 8.83. The number of carbonyl (C=O) groups excluding carboxylic acids is 3. The van der Waals surface area contributed by atoms with E-state index in [9.17, 15) is 14.4 Å². The van der Waals surface area contributed by atoms with E-state index in [-0.39, 0.29) is 29.7 Å². The Morgan fingerprint density at radius 3 is 2.38 bits per heavy atom. The van der Waals surface area contributed by atoms with Crippen molar-refractivity contribution in [3.63, 3.8) is 0 Å². The highest BCUT2D eigenvalue weighted by Gasteiger charge is 2.47. The number of hydrogen-bond acceptors (Lipinski definition) is 5. The molecule has 4 aliphatic rings. The van der Waals surface area contributed by atoms with Gasteiger partial charge in [-0.05, 0) is 101 Å². The number of benzene rings is 1. The lowest BCUT2D eigenvalue weighted by molar-refractivity contribution is -0.139. The maximum Gasteiger partial charge on any atom is 0.254 e. The lowest BCUT2D eigenvalue weighted by atomic mass is 9.82. The Morgan fingerprint density at radius 2 is 1.73 bits per heavy atom. The fraction of sp³-hybridized carbons (Fsp3) is 0.690. The molecule has 3 saturated carbocycles. The van der Waals surface area contributed by atoms with E-state index < -0.39 is 6.04 Å². The highest BCUT2D eigenvalue weighted by atomic mass is 16.5. The number of piperidine rings is 1. The molecule has 202 valence electrons. The second-order valence-electron chi connectivity index (χ2n) is 11.5. The number of amides is 3. The van der Waals surface area contributed by atoms with Crippen LogP contribution in [0.2, 0.25) is 0 Å². The van der Waals surface area contributed by atoms with Gasteiger partial charge in [0.2, 0.25) is 11.8 Å². The summed E-state index contributed by atoms with van der Waals surface area (Å²) >= 11 is 0. The first kappa shape index (κ1) is 26.0. The van der Waals surface area contributed by atoms with Gasteiger partial charge < -0.3 is 25.6 Å². The van der Waals surface area contributed by atoms with E-state index in [2.05, 4.69) is 10.2 Å². The summed E-state index contributed by atoms with van der Waals surface area (Å²) in [4.78, 5) is 44.3. The Kier molecular flexibility index (Phi) is 8.03. The molecular weight excluding hydrogens is 468 g/mol. The number of nitrogens with one attached hydrogen (secondary N) is 1. The molecule has 0 spiro atoms. The number of nitrogens with two attached hydrogens (primary N) is 1. The summed E-state index contributed by atoms with van der Waals surface area (Å²) in [6.45, 7) is 1.83. The largest absolute Gasteiger partial charge is 0.497 e. The Bertz CT molecular complexity index is 984. The molecule has 1 heterocycles. The van der Waals surface area contributed by atoms with Crippen LogP contribution in [0.15, 0.2) is 24.3 Å². The summed E-state index contributed by atoms with van der Waals surface area (Å²) in [6, 6.07) is 6.83. The molecule has 1 saturated heterocycles. The van der Waals surface area contributed by atoms with Crippen LogP contribution in [-0.2, 0) is 9.59 Å². The van der Waals surface area contributed by atoms with Crippen LogP contribution in [0, 0.1) is 17.8 Å². The van der Waals surface area contributed by atoms with E-state index in [1.165, 1.54) is 0 Å². The molecule has 1 unspecified atom stereocenters. The topological polar surface area (TPSA) is 105 Å². The summed E-state index contributed by atoms with van der Waals surface area (Å²) in [7, 11) is 1.58. The van der Waals surface area contributed by atoms with Crippen molar-refractivity contribution < 1.29 is 19.1 Å². The average molecular weight is 511 g/mol. The number of ether oxygens (including phenoxy) is 1. The van der Waals surface area contributed by atoms with Gasteiger partial charge in [0.15, 0.2) is 0 Å². The highest BCUT2D eigenvalue weighted by molar-refractivity contribution is 5.98. The molecule has 4 fully saturated rings. The third-order valence-corrected chi connectivity index (χ3v) is 8.83. The van der Waals surface area contributed by atoms with Crippen molar-refractivity contribution in [1.29, 1.82) is 0 Å². The number of carbonyl (C=O) groups is 3. The van der Waals surface area contributed by atoms with Gasteiger partial charge in [-0.25, -0.2) is 0 Å². The van der Waals surface area contributed by atoms with E-state index in [1.54, 1.807) is 30.2 Å². The first-order chi connectivity index (χ1) is 18.0. The van der Waals surface area contributed by atoms with Crippen molar-refractivity contribution in [2.24, 2.45) is 23.5 Å². The minimum absolute atomic E-state index is 0.00528. The predicted molar refractivity (Wildman–Crippen MR) is 141 cm³/mol. The van der Waals surface area contributed by atoms with Gasteiger partial charge in [0.05, 0.1) is 7.11 Å². The van der Waals surface area contributed by atoms with Gasteiger partial charge in [-0.15, -0.1) is 0 Å². The lowest BCUT2D eigenvalue weighted by Crippen LogP contribution is -2.59. The van der Waals surface area contributed by atoms with Crippen LogP contribution in [-0.4, -0.2) is 72.4 Å². The molecule has 8 nitrogen and oxygen atoms in total. The molecule has 1 aromatic carbocycles. The Morgan fingerprint density at radius 1 is 1.00 bits per heavy atom. The van der Waals surface area contributed by atoms with Crippen LogP contribution in [0.5, 0.6) is 5.75 Å². The van der Waals surface area contributed by atoms with Crippen molar-refractivity contribution >= 4 is 17.7 Å². The average Bonchev–Trinajstić information content (AvgIpc) is 3.86. The molecule has 1 aliphatic heterocycles. The molecule has 5 rings (SSSR count). The Hall–Kier alpha value is -2.61. The Balaban J connectivity index is 1.31. The number of nitrogens with zero attached hydrogens (tertiary/aromatic N) is 2. The van der Waals surface area contributed by atoms with Crippen LogP contribution in [0.25, 0.3) is 0 Å². The molecule has 8 heteroatoms. The van der Waals surface area contributed by atoms with Gasteiger partial charge in [-0.2, -0.15) is 0 Å². The number of hydrogen-bond donors (Lipinski definition) is 2. The van der Waals surface area contributed by atoms with Crippen LogP contribution in [0.1, 0.15) is 74.6 Å². The van der Waals surface area contributed by atoms with E-state index >= 15 is 0 Å². The van der Waals surface area contributed by atoms with Crippen LogP contribution < -0.4 is 15.8 Å². The fourth-order valence-corrected chi connectivity index (χ4v) is 6.20. The van der Waals surface area contributed by atoms with Crippen LogP contribution >= 0.6 is 0 Å². The third kappa shape index (κ3) is 6.11. The Labute approximate surface area is 220 Å². The van der Waals surface area contributed by atoms with E-state index in [0.717, 1.165) is 57.9 Å². The standard InChI is InChI=1S/C29H42N4O4/c1-37-25-4-2-3-22(15-25)28(35)32-14-13-24(33(23-11-12-23)29(36)21-9-10-21)16-26(32)27(34)31-18-20-7-5-19(17-30)6-8-20/h2-4,15,19-21,23-24,26H,5-14,16-18,30H2,1H3,(H,31,34)/t19?,20?,24?,26-/m1/s1. The summed E-state index contributed by atoms with van der Waals surface area (Å²) < 4.78 is 5.32. The first-order valence-electron chi connectivity index (χ1n) is 14.2. The molecular formula is C29H42N4O4. The molecule has 3 aliphatic carbocycles. The maximum atomic E-state index is 13.6. The van der Waals surface area contributed by atoms with E-state index in [1.807, 2.05) is 6.07 Å². The zero-order valence-electron chi connectivity index (χ0n) is 22.1. The van der Waals surface area contributed by atoms with Gasteiger partial charge in [-0.3, -0.25) is 14.4 Å². The van der Waals surface area contributed by atoms with Crippen molar-refractivity contribution in [2.45, 2.75) is 82.3 Å². The second-order valence-corrected chi connectivity index (χ2v) is 11.5. The monoisotopic (exact) mass is 510 g/mol. The molecule has 3 N–H and O–H groups in total. The van der Waals surface area contributed by atoms with Crippen LogP contribution in [0.3, 0.4) is 0 Å². The molecule has 1 aromatic rings. The summed E-state index contributed by atoms with van der Waals surface area (Å²) in [5.41, 5.74) is 6.36. The number of likely N-dealkylation sites (tertiary alicyclic amines) is 1. The molecule has 2 atom stereocenters. The van der Waals surface area contributed by atoms with Gasteiger partial charge in [0, 0.05) is 36.7 Å². The fourth-order valence-electron chi connectivity index (χ4n) is 6.20. The van der Waals surface area contributed by atoms with Crippen molar-refractivity contribution in [2.75, 3.05) is 26.7 Å². The summed E-state index contributed by atoms with van der Waals surface area (Å²) in [5.74, 6) is 1.82. The van der Waals surface area contributed by atoms with E-state index in [4.69, 9.17) is 10.5 Å². The molecule has 3 amide bonds. The molecule has 0 radical (unpaired) electrons. The summed E-state index contributed by atoms with van der Waals surface area (Å²) in [6.07, 6.45) is 9.63. The predicted octanol–water partition coefficient (Wildman–Crippen LogP) is 2.95. The second kappa shape index (κ2) is 11.4. The first-order valence-corrected chi connectivity index (χ1v) is 14.2. The number of rotatable bonds is 9.